The van der Waals surface area contributed by atoms with E-state index in [9.17, 15) is 4.79 Å². The van der Waals surface area contributed by atoms with Gasteiger partial charge in [0.25, 0.3) is 5.91 Å². The minimum atomic E-state index is -0.179. The first-order chi connectivity index (χ1) is 10.8. The van der Waals surface area contributed by atoms with Gasteiger partial charge in [-0.2, -0.15) is 5.10 Å². The molecule has 2 aromatic rings. The van der Waals surface area contributed by atoms with Crippen LogP contribution in [0.2, 0.25) is 0 Å². The van der Waals surface area contributed by atoms with E-state index in [0.717, 1.165) is 23.9 Å². The van der Waals surface area contributed by atoms with Gasteiger partial charge in [0, 0.05) is 24.3 Å². The summed E-state index contributed by atoms with van der Waals surface area (Å²) >= 11 is 1.48. The van der Waals surface area contributed by atoms with Crippen LogP contribution in [-0.4, -0.2) is 44.9 Å². The summed E-state index contributed by atoms with van der Waals surface area (Å²) in [5.41, 5.74) is 1.93. The lowest BCUT2D eigenvalue weighted by Gasteiger charge is -2.18. The number of fused-ring (bicyclic) bond motifs is 1. The van der Waals surface area contributed by atoms with Gasteiger partial charge >= 0.3 is 0 Å². The van der Waals surface area contributed by atoms with Crippen molar-refractivity contribution in [1.29, 1.82) is 0 Å². The molecule has 0 bridgehead atoms. The molecule has 4 heterocycles. The molecule has 2 aliphatic heterocycles. The SMILES string of the molecule is O=C(Nc1cn[nH]c1-c1nccs1)C1=CN2CCN=C2C=C1. The van der Waals surface area contributed by atoms with Crippen molar-refractivity contribution in [3.8, 4) is 10.7 Å². The van der Waals surface area contributed by atoms with Crippen molar-refractivity contribution in [3.63, 3.8) is 0 Å². The van der Waals surface area contributed by atoms with Gasteiger partial charge in [-0.05, 0) is 12.2 Å². The Morgan fingerprint density at radius 2 is 2.36 bits per heavy atom. The van der Waals surface area contributed by atoms with Crippen LogP contribution in [0.25, 0.3) is 10.7 Å². The molecule has 0 saturated carbocycles. The second-order valence-electron chi connectivity index (χ2n) is 4.80. The van der Waals surface area contributed by atoms with Gasteiger partial charge in [0.1, 0.15) is 16.5 Å². The Kier molecular flexibility index (Phi) is 3.08. The zero-order chi connectivity index (χ0) is 14.9. The lowest BCUT2D eigenvalue weighted by molar-refractivity contribution is -0.112. The molecule has 0 fully saturated rings. The number of H-pyrrole nitrogens is 1. The Balaban J connectivity index is 1.55. The summed E-state index contributed by atoms with van der Waals surface area (Å²) in [6, 6.07) is 0. The Morgan fingerprint density at radius 1 is 1.41 bits per heavy atom. The number of rotatable bonds is 3. The number of nitrogens with zero attached hydrogens (tertiary/aromatic N) is 4. The molecule has 7 nitrogen and oxygen atoms in total. The van der Waals surface area contributed by atoms with Crippen molar-refractivity contribution in [3.05, 3.63) is 41.7 Å². The third-order valence-electron chi connectivity index (χ3n) is 3.41. The van der Waals surface area contributed by atoms with Gasteiger partial charge in [-0.3, -0.25) is 14.9 Å². The average Bonchev–Trinajstić information content (AvgIpc) is 3.27. The predicted octanol–water partition coefficient (Wildman–Crippen LogP) is 1.64. The molecule has 4 rings (SSSR count). The molecule has 22 heavy (non-hydrogen) atoms. The van der Waals surface area contributed by atoms with Crippen LogP contribution in [0.4, 0.5) is 5.69 Å². The topological polar surface area (TPSA) is 86.3 Å². The Labute approximate surface area is 130 Å². The van der Waals surface area contributed by atoms with E-state index >= 15 is 0 Å². The molecule has 8 heteroatoms. The zero-order valence-electron chi connectivity index (χ0n) is 11.5. The number of amides is 1. The quantitative estimate of drug-likeness (QED) is 0.902. The smallest absolute Gasteiger partial charge is 0.257 e. The highest BCUT2D eigenvalue weighted by atomic mass is 32.1. The Bertz CT molecular complexity index is 801. The fraction of sp³-hybridized carbons (Fsp3) is 0.143. The molecule has 0 atom stereocenters. The molecule has 1 amide bonds. The van der Waals surface area contributed by atoms with Gasteiger partial charge in [-0.15, -0.1) is 11.3 Å². The summed E-state index contributed by atoms with van der Waals surface area (Å²) in [4.78, 5) is 23.0. The number of carbonyl (C=O) groups excluding carboxylic acids is 1. The van der Waals surface area contributed by atoms with E-state index in [0.29, 0.717) is 17.0 Å². The summed E-state index contributed by atoms with van der Waals surface area (Å²) in [6.07, 6.45) is 8.76. The predicted molar refractivity (Wildman–Crippen MR) is 84.6 cm³/mol. The van der Waals surface area contributed by atoms with Crippen LogP contribution >= 0.6 is 11.3 Å². The number of aliphatic imine (C=N–C) groups is 1. The minimum absolute atomic E-state index is 0.179. The highest BCUT2D eigenvalue weighted by Gasteiger charge is 2.20. The fourth-order valence-corrected chi connectivity index (χ4v) is 3.00. The van der Waals surface area contributed by atoms with Crippen molar-refractivity contribution >= 4 is 28.8 Å². The molecule has 0 saturated heterocycles. The molecular weight excluding hydrogens is 300 g/mol. The molecule has 0 aromatic carbocycles. The Hall–Kier alpha value is -2.74. The zero-order valence-corrected chi connectivity index (χ0v) is 12.3. The Morgan fingerprint density at radius 3 is 3.23 bits per heavy atom. The number of hydrogen-bond donors (Lipinski definition) is 2. The molecule has 0 radical (unpaired) electrons. The van der Waals surface area contributed by atoms with Gasteiger partial charge in [0.05, 0.1) is 24.0 Å². The van der Waals surface area contributed by atoms with Crippen LogP contribution in [0, 0.1) is 0 Å². The van der Waals surface area contributed by atoms with Gasteiger partial charge in [-0.25, -0.2) is 4.98 Å². The number of amidine groups is 1. The van der Waals surface area contributed by atoms with Crippen LogP contribution in [0.5, 0.6) is 0 Å². The maximum absolute atomic E-state index is 12.4. The first-order valence-corrected chi connectivity index (χ1v) is 7.65. The first-order valence-electron chi connectivity index (χ1n) is 6.77. The van der Waals surface area contributed by atoms with E-state index in [1.54, 1.807) is 18.5 Å². The van der Waals surface area contributed by atoms with Crippen LogP contribution in [0.3, 0.4) is 0 Å². The lowest BCUT2D eigenvalue weighted by Crippen LogP contribution is -2.26. The summed E-state index contributed by atoms with van der Waals surface area (Å²) in [7, 11) is 0. The maximum Gasteiger partial charge on any atom is 0.257 e. The van der Waals surface area contributed by atoms with Crippen molar-refractivity contribution in [2.24, 2.45) is 4.99 Å². The van der Waals surface area contributed by atoms with E-state index in [1.165, 1.54) is 11.3 Å². The number of aromatic amines is 1. The third-order valence-corrected chi connectivity index (χ3v) is 4.20. The fourth-order valence-electron chi connectivity index (χ4n) is 2.35. The van der Waals surface area contributed by atoms with Crippen molar-refractivity contribution in [2.45, 2.75) is 0 Å². The third kappa shape index (κ3) is 2.23. The number of anilines is 1. The number of nitrogens with one attached hydrogen (secondary N) is 2. The van der Waals surface area contributed by atoms with Gasteiger partial charge in [0.15, 0.2) is 0 Å². The van der Waals surface area contributed by atoms with Crippen molar-refractivity contribution < 1.29 is 4.79 Å². The molecular formula is C14H12N6OS. The summed E-state index contributed by atoms with van der Waals surface area (Å²) in [5.74, 6) is 0.727. The van der Waals surface area contributed by atoms with Crippen molar-refractivity contribution in [2.75, 3.05) is 18.4 Å². The van der Waals surface area contributed by atoms with Crippen LogP contribution in [0.1, 0.15) is 0 Å². The molecule has 0 unspecified atom stereocenters. The van der Waals surface area contributed by atoms with Crippen LogP contribution in [0.15, 0.2) is 46.7 Å². The number of carbonyl (C=O) groups is 1. The van der Waals surface area contributed by atoms with Gasteiger partial charge < -0.3 is 10.2 Å². The average molecular weight is 312 g/mol. The number of aromatic nitrogens is 3. The monoisotopic (exact) mass is 312 g/mol. The van der Waals surface area contributed by atoms with Crippen LogP contribution in [-0.2, 0) is 4.79 Å². The summed E-state index contributed by atoms with van der Waals surface area (Å²) < 4.78 is 0. The molecule has 110 valence electrons. The highest BCUT2D eigenvalue weighted by molar-refractivity contribution is 7.13. The summed E-state index contributed by atoms with van der Waals surface area (Å²) in [5, 5.41) is 12.4. The second kappa shape index (κ2) is 5.23. The normalized spacial score (nSPS) is 16.3. The molecule has 2 aromatic heterocycles. The second-order valence-corrected chi connectivity index (χ2v) is 5.70. The van der Waals surface area contributed by atoms with Gasteiger partial charge in [0.2, 0.25) is 0 Å². The molecule has 0 spiro atoms. The molecule has 2 N–H and O–H groups in total. The van der Waals surface area contributed by atoms with E-state index in [1.807, 2.05) is 22.6 Å². The standard InChI is InChI=1S/C14H12N6OS/c21-13(9-1-2-11-15-3-5-20(11)8-9)18-10-7-17-19-12(10)14-16-4-6-22-14/h1-2,4,6-8H,3,5H2,(H,17,19)(H,18,21). The minimum Gasteiger partial charge on any atom is -0.331 e. The van der Waals surface area contributed by atoms with Gasteiger partial charge in [-0.1, -0.05) is 0 Å². The van der Waals surface area contributed by atoms with E-state index < -0.39 is 0 Å². The molecule has 2 aliphatic rings. The largest absolute Gasteiger partial charge is 0.331 e. The van der Waals surface area contributed by atoms with Crippen LogP contribution < -0.4 is 5.32 Å². The van der Waals surface area contributed by atoms with E-state index in [-0.39, 0.29) is 5.91 Å². The van der Waals surface area contributed by atoms with E-state index in [2.05, 4.69) is 25.5 Å². The molecule has 0 aliphatic carbocycles. The number of thiazole rings is 1. The van der Waals surface area contributed by atoms with Crippen molar-refractivity contribution in [1.82, 2.24) is 20.1 Å². The number of hydrogen-bond acceptors (Lipinski definition) is 6. The maximum atomic E-state index is 12.4. The van der Waals surface area contributed by atoms with E-state index in [4.69, 9.17) is 0 Å². The highest BCUT2D eigenvalue weighted by Crippen LogP contribution is 2.27. The lowest BCUT2D eigenvalue weighted by atomic mass is 10.2. The summed E-state index contributed by atoms with van der Waals surface area (Å²) in [6.45, 7) is 1.58. The first kappa shape index (κ1) is 13.0.